The fraction of sp³-hybridized carbons (Fsp3) is 0.643. The third-order valence-corrected chi connectivity index (χ3v) is 3.64. The SMILES string of the molecule is O=C([O-])C[NH+](CC[NH+](CC(=O)[O-])CC(=O)[O-])CC[NH+](CC(=O)[O-])CC(=O)[O-].[Ca+2].[Na+].[Na+].[Na+]. The van der Waals surface area contributed by atoms with Crippen LogP contribution >= 0.6 is 0 Å². The molecule has 0 aromatic rings. The number of aliphatic carboxylic acids is 5. The van der Waals surface area contributed by atoms with E-state index >= 15 is 0 Å². The van der Waals surface area contributed by atoms with Crippen LogP contribution in [0.1, 0.15) is 0 Å². The third kappa shape index (κ3) is 27.6. The fourth-order valence-electron chi connectivity index (χ4n) is 2.51. The second-order valence-corrected chi connectivity index (χ2v) is 5.99. The molecule has 0 amide bonds. The van der Waals surface area contributed by atoms with Gasteiger partial charge in [0.05, 0.1) is 29.8 Å². The van der Waals surface area contributed by atoms with Gasteiger partial charge in [-0.3, -0.25) is 0 Å². The van der Waals surface area contributed by atoms with Crippen molar-refractivity contribution in [2.45, 2.75) is 0 Å². The first-order valence-electron chi connectivity index (χ1n) is 7.99. The van der Waals surface area contributed by atoms with E-state index < -0.39 is 62.6 Å². The summed E-state index contributed by atoms with van der Waals surface area (Å²) >= 11 is 0. The van der Waals surface area contributed by atoms with Crippen molar-refractivity contribution in [1.29, 1.82) is 0 Å². The molecule has 0 radical (unpaired) electrons. The first kappa shape index (κ1) is 42.6. The van der Waals surface area contributed by atoms with Crippen LogP contribution in [0.25, 0.3) is 0 Å². The molecule has 0 rings (SSSR count). The molecule has 0 bridgehead atoms. The Bertz CT molecular complexity index is 502. The molecule has 0 aromatic heterocycles. The second-order valence-electron chi connectivity index (χ2n) is 5.99. The van der Waals surface area contributed by atoms with Crippen LogP contribution in [0.4, 0.5) is 0 Å². The predicted molar refractivity (Wildman–Crippen MR) is 77.5 cm³/mol. The molecule has 0 spiro atoms. The Morgan fingerprint density at radius 3 is 0.774 bits per heavy atom. The van der Waals surface area contributed by atoms with E-state index in [9.17, 15) is 49.5 Å². The van der Waals surface area contributed by atoms with Gasteiger partial charge in [-0.25, -0.2) is 0 Å². The molecule has 17 heteroatoms. The molecule has 0 aliphatic carbocycles. The number of carbonyl (C=O) groups excluding carboxylic acids is 5. The van der Waals surface area contributed by atoms with Crippen LogP contribution in [0.15, 0.2) is 0 Å². The molecule has 31 heavy (non-hydrogen) atoms. The summed E-state index contributed by atoms with van der Waals surface area (Å²) in [5.74, 6) is -7.41. The Morgan fingerprint density at radius 2 is 0.581 bits per heavy atom. The molecule has 3 N–H and O–H groups in total. The van der Waals surface area contributed by atoms with Gasteiger partial charge in [-0.1, -0.05) is 0 Å². The van der Waals surface area contributed by atoms with Gasteiger partial charge in [-0.2, -0.15) is 0 Å². The summed E-state index contributed by atoms with van der Waals surface area (Å²) in [5.41, 5.74) is 0. The van der Waals surface area contributed by atoms with E-state index in [2.05, 4.69) is 0 Å². The average molecular weight is 500 g/mol. The maximum absolute atomic E-state index is 10.8. The number of quaternary nitrogens is 3. The zero-order chi connectivity index (χ0) is 21.0. The van der Waals surface area contributed by atoms with E-state index in [1.807, 2.05) is 0 Å². The zero-order valence-corrected chi connectivity index (χ0v) is 26.4. The average Bonchev–Trinajstić information content (AvgIpc) is 2.46. The Morgan fingerprint density at radius 1 is 0.419 bits per heavy atom. The minimum absolute atomic E-state index is 0. The van der Waals surface area contributed by atoms with Crippen LogP contribution in [0.5, 0.6) is 0 Å². The van der Waals surface area contributed by atoms with Crippen molar-refractivity contribution in [3.63, 3.8) is 0 Å². The van der Waals surface area contributed by atoms with Gasteiger partial charge in [0.1, 0.15) is 58.9 Å². The van der Waals surface area contributed by atoms with E-state index in [0.717, 1.165) is 0 Å². The molecule has 13 nitrogen and oxygen atoms in total. The molecule has 0 atom stereocenters. The Hall–Kier alpha value is 1.49. The van der Waals surface area contributed by atoms with Crippen molar-refractivity contribution in [2.75, 3.05) is 58.9 Å². The maximum atomic E-state index is 10.8. The van der Waals surface area contributed by atoms with Gasteiger partial charge in [-0.05, 0) is 0 Å². The van der Waals surface area contributed by atoms with Crippen molar-refractivity contribution in [2.24, 2.45) is 0 Å². The summed E-state index contributed by atoms with van der Waals surface area (Å²) in [5, 5.41) is 53.5. The molecule has 0 aromatic carbocycles. The van der Waals surface area contributed by atoms with Crippen molar-refractivity contribution in [3.8, 4) is 0 Å². The van der Waals surface area contributed by atoms with Gasteiger partial charge in [0, 0.05) is 0 Å². The molecule has 0 aliphatic rings. The number of rotatable bonds is 16. The molecule has 0 heterocycles. The minimum atomic E-state index is -1.49. The van der Waals surface area contributed by atoms with Crippen LogP contribution < -0.4 is 129 Å². The maximum Gasteiger partial charge on any atom is 2.00 e. The van der Waals surface area contributed by atoms with Gasteiger partial charge in [0.2, 0.25) is 0 Å². The van der Waals surface area contributed by atoms with Gasteiger partial charge in [0.15, 0.2) is 0 Å². The second kappa shape index (κ2) is 24.6. The number of nitrogens with one attached hydrogen (secondary N) is 3. The molecule has 0 saturated carbocycles. The standard InChI is InChI=1S/C14H23N3O10.Ca.3Na/c18-10(19)5-15(1-3-16(6-11(20)21)7-12(22)23)2-4-17(8-13(24)25)9-14(26)27;;;;/h1-9H2,(H,18,19)(H,20,21)(H,22,23)(H,24,25)(H,26,27);;;;/q;+2;3*+1/p-2. The smallest absolute Gasteiger partial charge is 0.544 e. The number of hydrogen-bond acceptors (Lipinski definition) is 10. The van der Waals surface area contributed by atoms with Gasteiger partial charge < -0.3 is 64.2 Å². The normalized spacial score (nSPS) is 9.65. The Balaban J connectivity index is -0.000000563. The quantitative estimate of drug-likeness (QED) is 0.170. The summed E-state index contributed by atoms with van der Waals surface area (Å²) < 4.78 is 0. The van der Waals surface area contributed by atoms with Crippen molar-refractivity contribution in [1.82, 2.24) is 0 Å². The number of carbonyl (C=O) groups is 5. The number of hydrogen-bond donors (Lipinski definition) is 3. The monoisotopic (exact) mass is 500 g/mol. The van der Waals surface area contributed by atoms with Gasteiger partial charge in [-0.15, -0.1) is 0 Å². The molecular formula is C14H21CaN3Na3O10+3. The predicted octanol–water partition coefficient (Wildman–Crippen LogP) is -23.0. The van der Waals surface area contributed by atoms with E-state index in [-0.39, 0.29) is 162 Å². The zero-order valence-electron chi connectivity index (χ0n) is 18.2. The first-order valence-corrected chi connectivity index (χ1v) is 7.99. The van der Waals surface area contributed by atoms with Crippen LogP contribution in [-0.2, 0) is 24.0 Å². The molecule has 0 unspecified atom stereocenters. The van der Waals surface area contributed by atoms with E-state index in [1.54, 1.807) is 0 Å². The van der Waals surface area contributed by atoms with Gasteiger partial charge >= 0.3 is 126 Å². The molecule has 0 aliphatic heterocycles. The van der Waals surface area contributed by atoms with Crippen molar-refractivity contribution in [3.05, 3.63) is 0 Å². The van der Waals surface area contributed by atoms with Crippen molar-refractivity contribution < 1.29 is 153 Å². The number of carboxylic acid groups (broad SMARTS) is 5. The summed E-state index contributed by atoms with van der Waals surface area (Å²) in [6.07, 6.45) is 0. The summed E-state index contributed by atoms with van der Waals surface area (Å²) in [6, 6.07) is 0. The molecule has 0 fully saturated rings. The minimum Gasteiger partial charge on any atom is -0.544 e. The van der Waals surface area contributed by atoms with Crippen LogP contribution in [0, 0.1) is 0 Å². The molecular weight excluding hydrogens is 479 g/mol. The third-order valence-electron chi connectivity index (χ3n) is 3.64. The van der Waals surface area contributed by atoms with Gasteiger partial charge in [0.25, 0.3) is 0 Å². The first-order chi connectivity index (χ1) is 12.5. The van der Waals surface area contributed by atoms with Crippen LogP contribution in [0.2, 0.25) is 0 Å². The molecule has 0 saturated heterocycles. The summed E-state index contributed by atoms with van der Waals surface area (Å²) in [6.45, 7) is -3.12. The van der Waals surface area contributed by atoms with E-state index in [0.29, 0.717) is 4.90 Å². The van der Waals surface area contributed by atoms with Crippen LogP contribution in [-0.4, -0.2) is 126 Å². The summed E-state index contributed by atoms with van der Waals surface area (Å²) in [4.78, 5) is 53.9. The van der Waals surface area contributed by atoms with E-state index in [1.165, 1.54) is 0 Å². The van der Waals surface area contributed by atoms with Crippen LogP contribution in [0.3, 0.4) is 0 Å². The topological polar surface area (TPSA) is 214 Å². The molecule has 154 valence electrons. The summed E-state index contributed by atoms with van der Waals surface area (Å²) in [7, 11) is 0. The Labute approximate surface area is 275 Å². The largest absolute Gasteiger partial charge is 2.00 e. The van der Waals surface area contributed by atoms with E-state index in [4.69, 9.17) is 0 Å². The Kier molecular flexibility index (Phi) is 33.8. The van der Waals surface area contributed by atoms with Crippen molar-refractivity contribution >= 4 is 67.6 Å². The number of carboxylic acids is 5. The fourth-order valence-corrected chi connectivity index (χ4v) is 2.51.